The molecular formula is C11H15N3S. The third-order valence-electron chi connectivity index (χ3n) is 2.46. The Kier molecular flexibility index (Phi) is 2.88. The van der Waals surface area contributed by atoms with Gasteiger partial charge in [0.25, 0.3) is 0 Å². The molecule has 3 nitrogen and oxygen atoms in total. The third kappa shape index (κ3) is 2.27. The molecule has 0 fully saturated rings. The van der Waals surface area contributed by atoms with Crippen molar-refractivity contribution >= 4 is 26.7 Å². The quantitative estimate of drug-likeness (QED) is 0.833. The lowest BCUT2D eigenvalue weighted by Crippen LogP contribution is -2.12. The first-order valence-corrected chi connectivity index (χ1v) is 5.85. The number of nitrogens with zero attached hydrogens (tertiary/aromatic N) is 1. The van der Waals surface area contributed by atoms with Crippen molar-refractivity contribution in [2.75, 3.05) is 12.3 Å². The molecule has 0 saturated heterocycles. The molecule has 1 unspecified atom stereocenters. The highest BCUT2D eigenvalue weighted by molar-refractivity contribution is 7.22. The summed E-state index contributed by atoms with van der Waals surface area (Å²) in [4.78, 5) is 4.23. The molecule has 0 spiro atoms. The summed E-state index contributed by atoms with van der Waals surface area (Å²) in [6.07, 6.45) is 1.02. The summed E-state index contributed by atoms with van der Waals surface area (Å²) in [5.74, 6) is 0.521. The van der Waals surface area contributed by atoms with E-state index in [0.717, 1.165) is 23.2 Å². The molecule has 0 bridgehead atoms. The molecule has 1 aromatic carbocycles. The van der Waals surface area contributed by atoms with E-state index in [1.807, 2.05) is 6.07 Å². The van der Waals surface area contributed by atoms with Crippen molar-refractivity contribution in [3.63, 3.8) is 0 Å². The molecular weight excluding hydrogens is 206 g/mol. The highest BCUT2D eigenvalue weighted by Crippen LogP contribution is 2.25. The number of nitrogens with two attached hydrogens (primary N) is 2. The largest absolute Gasteiger partial charge is 0.375 e. The maximum atomic E-state index is 5.66. The lowest BCUT2D eigenvalue weighted by Gasteiger charge is -2.07. The van der Waals surface area contributed by atoms with Crippen LogP contribution in [0.1, 0.15) is 12.5 Å². The minimum Gasteiger partial charge on any atom is -0.375 e. The van der Waals surface area contributed by atoms with Gasteiger partial charge in [0.2, 0.25) is 0 Å². The average Bonchev–Trinajstić information content (AvgIpc) is 2.57. The number of anilines is 1. The van der Waals surface area contributed by atoms with E-state index in [0.29, 0.717) is 11.0 Å². The maximum Gasteiger partial charge on any atom is 0.181 e. The third-order valence-corrected chi connectivity index (χ3v) is 3.30. The van der Waals surface area contributed by atoms with Gasteiger partial charge in [0.1, 0.15) is 0 Å². The Balaban J connectivity index is 2.30. The second kappa shape index (κ2) is 4.16. The summed E-state index contributed by atoms with van der Waals surface area (Å²) in [6.45, 7) is 2.88. The van der Waals surface area contributed by atoms with E-state index in [9.17, 15) is 0 Å². The van der Waals surface area contributed by atoms with Gasteiger partial charge in [-0.25, -0.2) is 4.98 Å². The van der Waals surface area contributed by atoms with Crippen molar-refractivity contribution in [1.82, 2.24) is 4.98 Å². The van der Waals surface area contributed by atoms with Gasteiger partial charge in [-0.2, -0.15) is 0 Å². The van der Waals surface area contributed by atoms with Crippen LogP contribution in [0.2, 0.25) is 0 Å². The summed E-state index contributed by atoms with van der Waals surface area (Å²) >= 11 is 1.54. The summed E-state index contributed by atoms with van der Waals surface area (Å²) in [6, 6.07) is 6.30. The normalized spacial score (nSPS) is 13.2. The Morgan fingerprint density at radius 1 is 1.47 bits per heavy atom. The highest BCUT2D eigenvalue weighted by atomic mass is 32.1. The van der Waals surface area contributed by atoms with Gasteiger partial charge < -0.3 is 11.5 Å². The molecule has 1 atom stereocenters. The van der Waals surface area contributed by atoms with Crippen LogP contribution in [0.4, 0.5) is 5.13 Å². The van der Waals surface area contributed by atoms with Crippen LogP contribution in [0.15, 0.2) is 18.2 Å². The number of thiazole rings is 1. The van der Waals surface area contributed by atoms with Gasteiger partial charge in [-0.05, 0) is 36.6 Å². The fourth-order valence-corrected chi connectivity index (χ4v) is 2.40. The smallest absolute Gasteiger partial charge is 0.181 e. The average molecular weight is 221 g/mol. The summed E-state index contributed by atoms with van der Waals surface area (Å²) in [5.41, 5.74) is 13.6. The monoisotopic (exact) mass is 221 g/mol. The Bertz CT molecular complexity index is 464. The van der Waals surface area contributed by atoms with Gasteiger partial charge in [0.05, 0.1) is 10.2 Å². The first-order chi connectivity index (χ1) is 7.19. The number of hydrogen-bond donors (Lipinski definition) is 2. The molecule has 80 valence electrons. The van der Waals surface area contributed by atoms with Crippen molar-refractivity contribution in [1.29, 1.82) is 0 Å². The molecule has 0 radical (unpaired) electrons. The number of hydrogen-bond acceptors (Lipinski definition) is 4. The lowest BCUT2D eigenvalue weighted by atomic mass is 10.0. The van der Waals surface area contributed by atoms with Crippen molar-refractivity contribution in [2.24, 2.45) is 11.7 Å². The number of rotatable bonds is 3. The van der Waals surface area contributed by atoms with E-state index in [1.54, 1.807) is 0 Å². The Morgan fingerprint density at radius 3 is 3.00 bits per heavy atom. The molecule has 2 rings (SSSR count). The molecule has 1 aromatic heterocycles. The van der Waals surface area contributed by atoms with E-state index < -0.39 is 0 Å². The van der Waals surface area contributed by atoms with Gasteiger partial charge in [-0.3, -0.25) is 0 Å². The second-order valence-electron chi connectivity index (χ2n) is 3.90. The minimum atomic E-state index is 0.521. The summed E-state index contributed by atoms with van der Waals surface area (Å²) in [5, 5.41) is 0.633. The van der Waals surface area contributed by atoms with Crippen LogP contribution in [0, 0.1) is 5.92 Å². The van der Waals surface area contributed by atoms with Gasteiger partial charge in [0.15, 0.2) is 5.13 Å². The van der Waals surface area contributed by atoms with Crippen LogP contribution in [-0.4, -0.2) is 11.5 Å². The van der Waals surface area contributed by atoms with E-state index >= 15 is 0 Å². The molecule has 4 N–H and O–H groups in total. The SMILES string of the molecule is CC(CN)Cc1ccc2nc(N)sc2c1. The molecule has 0 aliphatic rings. The van der Waals surface area contributed by atoms with Crippen LogP contribution in [0.5, 0.6) is 0 Å². The topological polar surface area (TPSA) is 64.9 Å². The minimum absolute atomic E-state index is 0.521. The Labute approximate surface area is 93.1 Å². The summed E-state index contributed by atoms with van der Waals surface area (Å²) in [7, 11) is 0. The zero-order valence-corrected chi connectivity index (χ0v) is 9.55. The molecule has 2 aromatic rings. The van der Waals surface area contributed by atoms with E-state index in [-0.39, 0.29) is 0 Å². The fraction of sp³-hybridized carbons (Fsp3) is 0.364. The summed E-state index contributed by atoms with van der Waals surface area (Å²) < 4.78 is 1.16. The van der Waals surface area contributed by atoms with Crippen LogP contribution < -0.4 is 11.5 Å². The predicted molar refractivity (Wildman–Crippen MR) is 66.0 cm³/mol. The van der Waals surface area contributed by atoms with E-state index in [2.05, 4.69) is 24.0 Å². The molecule has 0 aliphatic carbocycles. The van der Waals surface area contributed by atoms with Crippen molar-refractivity contribution in [3.8, 4) is 0 Å². The molecule has 0 amide bonds. The number of nitrogen functional groups attached to an aromatic ring is 1. The number of aromatic nitrogens is 1. The Morgan fingerprint density at radius 2 is 2.27 bits per heavy atom. The molecule has 4 heteroatoms. The maximum absolute atomic E-state index is 5.66. The molecule has 15 heavy (non-hydrogen) atoms. The van der Waals surface area contributed by atoms with Crippen molar-refractivity contribution in [2.45, 2.75) is 13.3 Å². The van der Waals surface area contributed by atoms with Gasteiger partial charge in [0, 0.05) is 0 Å². The zero-order chi connectivity index (χ0) is 10.8. The van der Waals surface area contributed by atoms with Crippen LogP contribution in [-0.2, 0) is 6.42 Å². The number of fused-ring (bicyclic) bond motifs is 1. The first-order valence-electron chi connectivity index (χ1n) is 5.04. The van der Waals surface area contributed by atoms with Crippen LogP contribution in [0.25, 0.3) is 10.2 Å². The van der Waals surface area contributed by atoms with Gasteiger partial charge in [-0.15, -0.1) is 0 Å². The molecule has 0 aliphatic heterocycles. The standard InChI is InChI=1S/C11H15N3S/c1-7(6-12)4-8-2-3-9-10(5-8)15-11(13)14-9/h2-3,5,7H,4,6,12H2,1H3,(H2,13,14). The molecule has 1 heterocycles. The predicted octanol–water partition coefficient (Wildman–Crippen LogP) is 2.02. The molecule has 0 saturated carbocycles. The van der Waals surface area contributed by atoms with Gasteiger partial charge in [-0.1, -0.05) is 24.3 Å². The Hall–Kier alpha value is -1.13. The zero-order valence-electron chi connectivity index (χ0n) is 8.73. The van der Waals surface area contributed by atoms with E-state index in [1.165, 1.54) is 16.9 Å². The van der Waals surface area contributed by atoms with Gasteiger partial charge >= 0.3 is 0 Å². The lowest BCUT2D eigenvalue weighted by molar-refractivity contribution is 0.593. The van der Waals surface area contributed by atoms with E-state index in [4.69, 9.17) is 11.5 Å². The highest BCUT2D eigenvalue weighted by Gasteiger charge is 2.05. The van der Waals surface area contributed by atoms with Crippen LogP contribution >= 0.6 is 11.3 Å². The fourth-order valence-electron chi connectivity index (χ4n) is 1.60. The van der Waals surface area contributed by atoms with Crippen molar-refractivity contribution < 1.29 is 0 Å². The van der Waals surface area contributed by atoms with Crippen molar-refractivity contribution in [3.05, 3.63) is 23.8 Å². The second-order valence-corrected chi connectivity index (χ2v) is 4.96. The van der Waals surface area contributed by atoms with Crippen LogP contribution in [0.3, 0.4) is 0 Å². The first kappa shape index (κ1) is 10.4. The number of benzene rings is 1.